The number of ketones is 2. The lowest BCUT2D eigenvalue weighted by Gasteiger charge is -2.34. The summed E-state index contributed by atoms with van der Waals surface area (Å²) in [7, 11) is -2.24. The average Bonchev–Trinajstić information content (AvgIpc) is 2.91. The molecule has 0 amide bonds. The quantitative estimate of drug-likeness (QED) is 0.339. The van der Waals surface area contributed by atoms with E-state index >= 15 is 0 Å². The first-order chi connectivity index (χ1) is 17.2. The number of hydrogen-bond donors (Lipinski definition) is 1. The van der Waals surface area contributed by atoms with Gasteiger partial charge in [0.1, 0.15) is 29.3 Å². The Morgan fingerprint density at radius 2 is 1.03 bits per heavy atom. The predicted molar refractivity (Wildman–Crippen MR) is 151 cm³/mol. The summed E-state index contributed by atoms with van der Waals surface area (Å²) in [6, 6.07) is 31.4. The number of aliphatic hydroxyl groups is 1. The van der Waals surface area contributed by atoms with Crippen LogP contribution in [0.3, 0.4) is 0 Å². The van der Waals surface area contributed by atoms with Gasteiger partial charge in [-0.15, -0.1) is 0 Å². The lowest BCUT2D eigenvalue weighted by molar-refractivity contribution is -0.116. The molecule has 4 heteroatoms. The molecule has 1 N–H and O–H groups in total. The predicted octanol–water partition coefficient (Wildman–Crippen LogP) is 5.32. The van der Waals surface area contributed by atoms with Crippen molar-refractivity contribution in [3.63, 3.8) is 0 Å². The van der Waals surface area contributed by atoms with E-state index in [1.54, 1.807) is 20.8 Å². The standard InChI is InChI=1S/C32H34O3P/c1-23-24(2)31(34)29(25(3)30(23)33)20-21-32(4,35)22-36(26-14-8-5-9-15-26,27-16-10-6-11-17-27)28-18-12-7-13-19-28/h5-19,35H,20-22H2,1-4H3/q+1. The summed E-state index contributed by atoms with van der Waals surface area (Å²) >= 11 is 0. The van der Waals surface area contributed by atoms with Gasteiger partial charge >= 0.3 is 0 Å². The maximum Gasteiger partial charge on any atom is 0.185 e. The van der Waals surface area contributed by atoms with Gasteiger partial charge in [-0.3, -0.25) is 9.59 Å². The highest BCUT2D eigenvalue weighted by Crippen LogP contribution is 2.57. The van der Waals surface area contributed by atoms with Crippen LogP contribution in [0.25, 0.3) is 0 Å². The fourth-order valence-electron chi connectivity index (χ4n) is 5.21. The summed E-state index contributed by atoms with van der Waals surface area (Å²) in [6.45, 7) is 7.03. The molecule has 0 fully saturated rings. The normalized spacial score (nSPS) is 16.4. The van der Waals surface area contributed by atoms with E-state index in [2.05, 4.69) is 72.8 Å². The topological polar surface area (TPSA) is 54.4 Å². The van der Waals surface area contributed by atoms with Crippen molar-refractivity contribution in [2.24, 2.45) is 0 Å². The van der Waals surface area contributed by atoms with Gasteiger partial charge in [-0.25, -0.2) is 0 Å². The van der Waals surface area contributed by atoms with Gasteiger partial charge in [-0.1, -0.05) is 54.6 Å². The third kappa shape index (κ3) is 4.91. The van der Waals surface area contributed by atoms with E-state index in [-0.39, 0.29) is 11.6 Å². The van der Waals surface area contributed by atoms with Crippen LogP contribution in [0.15, 0.2) is 113 Å². The summed E-state index contributed by atoms with van der Waals surface area (Å²) < 4.78 is 0. The van der Waals surface area contributed by atoms with Crippen LogP contribution >= 0.6 is 7.26 Å². The largest absolute Gasteiger partial charge is 0.386 e. The summed E-state index contributed by atoms with van der Waals surface area (Å²) in [5.74, 6) is -0.142. The van der Waals surface area contributed by atoms with E-state index < -0.39 is 12.9 Å². The van der Waals surface area contributed by atoms with Gasteiger partial charge in [0.25, 0.3) is 0 Å². The van der Waals surface area contributed by atoms with Gasteiger partial charge in [0.2, 0.25) is 0 Å². The summed E-state index contributed by atoms with van der Waals surface area (Å²) in [4.78, 5) is 25.7. The second-order valence-corrected chi connectivity index (χ2v) is 13.5. The molecule has 0 saturated carbocycles. The van der Waals surface area contributed by atoms with Crippen molar-refractivity contribution >= 4 is 34.7 Å². The van der Waals surface area contributed by atoms with Crippen molar-refractivity contribution in [3.8, 4) is 0 Å². The first kappa shape index (κ1) is 25.9. The molecular formula is C32H34O3P+. The minimum Gasteiger partial charge on any atom is -0.386 e. The van der Waals surface area contributed by atoms with Gasteiger partial charge in [-0.2, -0.15) is 0 Å². The highest BCUT2D eigenvalue weighted by Gasteiger charge is 2.50. The van der Waals surface area contributed by atoms with E-state index in [0.29, 0.717) is 41.3 Å². The van der Waals surface area contributed by atoms with Crippen LogP contribution < -0.4 is 15.9 Å². The third-order valence-corrected chi connectivity index (χ3v) is 12.1. The lowest BCUT2D eigenvalue weighted by atomic mass is 9.83. The molecule has 1 atom stereocenters. The number of benzene rings is 3. The maximum atomic E-state index is 13.0. The first-order valence-electron chi connectivity index (χ1n) is 12.4. The molecule has 36 heavy (non-hydrogen) atoms. The average molecular weight is 498 g/mol. The van der Waals surface area contributed by atoms with Crippen molar-refractivity contribution in [1.29, 1.82) is 0 Å². The smallest absolute Gasteiger partial charge is 0.185 e. The molecule has 0 radical (unpaired) electrons. The molecule has 0 spiro atoms. The van der Waals surface area contributed by atoms with Crippen molar-refractivity contribution in [1.82, 2.24) is 0 Å². The van der Waals surface area contributed by atoms with Gasteiger partial charge < -0.3 is 5.11 Å². The molecule has 3 aromatic rings. The van der Waals surface area contributed by atoms with Crippen molar-refractivity contribution in [3.05, 3.63) is 113 Å². The third-order valence-electron chi connectivity index (χ3n) is 7.39. The van der Waals surface area contributed by atoms with Crippen LogP contribution in [0.1, 0.15) is 40.5 Å². The van der Waals surface area contributed by atoms with E-state index in [4.69, 9.17) is 0 Å². The van der Waals surface area contributed by atoms with Crippen LogP contribution in [0.4, 0.5) is 0 Å². The zero-order chi connectivity index (χ0) is 25.9. The Bertz CT molecular complexity index is 1220. The second kappa shape index (κ2) is 10.5. The fourth-order valence-corrected chi connectivity index (χ4v) is 9.87. The van der Waals surface area contributed by atoms with Crippen molar-refractivity contribution in [2.45, 2.75) is 46.1 Å². The Labute approximate surface area is 214 Å². The maximum absolute atomic E-state index is 13.0. The van der Waals surface area contributed by atoms with E-state index in [1.807, 2.05) is 25.1 Å². The monoisotopic (exact) mass is 497 g/mol. The van der Waals surface area contributed by atoms with Crippen LogP contribution in [-0.4, -0.2) is 28.4 Å². The Morgan fingerprint density at radius 3 is 1.44 bits per heavy atom. The van der Waals surface area contributed by atoms with Gasteiger partial charge in [0.15, 0.2) is 11.6 Å². The Hall–Kier alpha value is -3.13. The number of carbonyl (C=O) groups excluding carboxylic acids is 2. The molecule has 1 aliphatic carbocycles. The SMILES string of the molecule is CC1=C(C)C(=O)C(CCC(C)(O)C[P+](c2ccccc2)(c2ccccc2)c2ccccc2)=C(C)C1=O. The minimum atomic E-state index is -2.24. The first-order valence-corrected chi connectivity index (χ1v) is 14.4. The zero-order valence-corrected chi connectivity index (χ0v) is 22.4. The van der Waals surface area contributed by atoms with Crippen molar-refractivity contribution in [2.75, 3.05) is 6.16 Å². The number of carbonyl (C=O) groups is 2. The van der Waals surface area contributed by atoms with Crippen LogP contribution in [-0.2, 0) is 9.59 Å². The van der Waals surface area contributed by atoms with Crippen LogP contribution in [0, 0.1) is 0 Å². The highest BCUT2D eigenvalue weighted by molar-refractivity contribution is 7.95. The Morgan fingerprint density at radius 1 is 0.639 bits per heavy atom. The minimum absolute atomic E-state index is 0.0681. The molecule has 0 bridgehead atoms. The molecule has 3 aromatic carbocycles. The molecule has 0 aromatic heterocycles. The van der Waals surface area contributed by atoms with Crippen molar-refractivity contribution < 1.29 is 14.7 Å². The van der Waals surface area contributed by atoms with Crippen LogP contribution in [0.2, 0.25) is 0 Å². The van der Waals surface area contributed by atoms with Gasteiger partial charge in [0, 0.05) is 22.3 Å². The molecular weight excluding hydrogens is 463 g/mol. The summed E-state index contributed by atoms with van der Waals surface area (Å²) in [5, 5.41) is 15.5. The van der Waals surface area contributed by atoms with Gasteiger partial charge in [-0.05, 0) is 76.9 Å². The molecule has 184 valence electrons. The van der Waals surface area contributed by atoms with E-state index in [9.17, 15) is 14.7 Å². The van der Waals surface area contributed by atoms with E-state index in [1.165, 1.54) is 15.9 Å². The number of Topliss-reactive ketones (excluding diaryl/α,β-unsaturated/α-hetero) is 2. The Balaban J connectivity index is 1.76. The lowest BCUT2D eigenvalue weighted by Crippen LogP contribution is -2.42. The molecule has 0 heterocycles. The molecule has 1 unspecified atom stereocenters. The summed E-state index contributed by atoms with van der Waals surface area (Å²) in [6.07, 6.45) is 1.28. The molecule has 3 nitrogen and oxygen atoms in total. The molecule has 0 saturated heterocycles. The van der Waals surface area contributed by atoms with Gasteiger partial charge in [0.05, 0.1) is 5.60 Å². The number of allylic oxidation sites excluding steroid dienone is 4. The Kier molecular flexibility index (Phi) is 7.54. The highest BCUT2D eigenvalue weighted by atomic mass is 31.2. The number of rotatable bonds is 8. The molecule has 1 aliphatic rings. The zero-order valence-electron chi connectivity index (χ0n) is 21.5. The fraction of sp³-hybridized carbons (Fsp3) is 0.250. The summed E-state index contributed by atoms with van der Waals surface area (Å²) in [5.41, 5.74) is 1.01. The number of hydrogen-bond acceptors (Lipinski definition) is 3. The molecule has 4 rings (SSSR count). The van der Waals surface area contributed by atoms with Crippen LogP contribution in [0.5, 0.6) is 0 Å². The molecule has 0 aliphatic heterocycles. The second-order valence-electron chi connectivity index (χ2n) is 9.98. The van der Waals surface area contributed by atoms with E-state index in [0.717, 1.165) is 0 Å².